The fourth-order valence-corrected chi connectivity index (χ4v) is 4.52. The Kier molecular flexibility index (Phi) is 4.41. The number of piperidine rings is 1. The molecule has 1 aromatic heterocycles. The molecule has 0 N–H and O–H groups in total. The molecule has 2 aromatic rings. The highest BCUT2D eigenvalue weighted by Gasteiger charge is 2.31. The Morgan fingerprint density at radius 2 is 2.13 bits per heavy atom. The van der Waals surface area contributed by atoms with Crippen LogP contribution in [0.25, 0.3) is 0 Å². The number of benzene rings is 1. The van der Waals surface area contributed by atoms with Gasteiger partial charge in [0.25, 0.3) is 0 Å². The van der Waals surface area contributed by atoms with Crippen molar-refractivity contribution in [1.29, 1.82) is 0 Å². The van der Waals surface area contributed by atoms with Crippen molar-refractivity contribution < 1.29 is 13.2 Å². The second-order valence-corrected chi connectivity index (χ2v) is 7.73. The number of ether oxygens (including phenoxy) is 1. The molecule has 0 aliphatic carbocycles. The number of hydrogen-bond donors (Lipinski definition) is 0. The Bertz CT molecular complexity index is 785. The summed E-state index contributed by atoms with van der Waals surface area (Å²) >= 11 is 0. The molecule has 1 atom stereocenters. The number of aromatic nitrogens is 2. The first-order valence-corrected chi connectivity index (χ1v) is 9.08. The lowest BCUT2D eigenvalue weighted by Gasteiger charge is -2.31. The normalized spacial score (nSPS) is 19.7. The quantitative estimate of drug-likeness (QED) is 0.857. The Hall–Kier alpha value is -1.86. The van der Waals surface area contributed by atoms with E-state index in [2.05, 4.69) is 5.10 Å². The largest absolute Gasteiger partial charge is 0.497 e. The molecule has 2 heterocycles. The van der Waals surface area contributed by atoms with Gasteiger partial charge in [-0.25, -0.2) is 8.42 Å². The van der Waals surface area contributed by atoms with Crippen molar-refractivity contribution in [1.82, 2.24) is 14.1 Å². The standard InChI is InChI=1S/C16H21N3O3S/c1-18-10-8-16(17-18)13-5-4-9-19(12-13)23(20,21)15-7-3-6-14(11-15)22-2/h3,6-8,10-11,13H,4-5,9,12H2,1-2H3/t13-/m0/s1. The van der Waals surface area contributed by atoms with Gasteiger partial charge in [0, 0.05) is 38.3 Å². The first-order chi connectivity index (χ1) is 11.0. The van der Waals surface area contributed by atoms with Crippen LogP contribution in [0.3, 0.4) is 0 Å². The Morgan fingerprint density at radius 3 is 2.83 bits per heavy atom. The summed E-state index contributed by atoms with van der Waals surface area (Å²) in [5.74, 6) is 0.690. The maximum Gasteiger partial charge on any atom is 0.243 e. The van der Waals surface area contributed by atoms with Gasteiger partial charge in [-0.05, 0) is 31.0 Å². The average Bonchev–Trinajstić information content (AvgIpc) is 3.01. The minimum absolute atomic E-state index is 0.144. The lowest BCUT2D eigenvalue weighted by Crippen LogP contribution is -2.39. The topological polar surface area (TPSA) is 64.4 Å². The van der Waals surface area contributed by atoms with Crippen LogP contribution >= 0.6 is 0 Å². The highest BCUT2D eigenvalue weighted by molar-refractivity contribution is 7.89. The molecule has 7 heteroatoms. The van der Waals surface area contributed by atoms with Crippen LogP contribution in [0.5, 0.6) is 5.75 Å². The zero-order valence-corrected chi connectivity index (χ0v) is 14.2. The van der Waals surface area contributed by atoms with E-state index in [0.29, 0.717) is 18.8 Å². The van der Waals surface area contributed by atoms with E-state index in [1.807, 2.05) is 19.3 Å². The summed E-state index contributed by atoms with van der Waals surface area (Å²) in [6, 6.07) is 8.59. The van der Waals surface area contributed by atoms with Gasteiger partial charge in [-0.15, -0.1) is 0 Å². The van der Waals surface area contributed by atoms with Crippen LogP contribution in [0.2, 0.25) is 0 Å². The van der Waals surface area contributed by atoms with Gasteiger partial charge in [0.1, 0.15) is 5.75 Å². The predicted molar refractivity (Wildman–Crippen MR) is 86.9 cm³/mol. The van der Waals surface area contributed by atoms with Crippen molar-refractivity contribution in [2.24, 2.45) is 7.05 Å². The SMILES string of the molecule is COc1cccc(S(=O)(=O)N2CCC[C@H](c3ccn(C)n3)C2)c1. The number of methoxy groups -OCH3 is 1. The highest BCUT2D eigenvalue weighted by Crippen LogP contribution is 2.30. The van der Waals surface area contributed by atoms with E-state index in [4.69, 9.17) is 4.74 Å². The van der Waals surface area contributed by atoms with Crippen molar-refractivity contribution in [3.8, 4) is 5.75 Å². The summed E-state index contributed by atoms with van der Waals surface area (Å²) in [5.41, 5.74) is 0.957. The molecule has 0 radical (unpaired) electrons. The molecule has 23 heavy (non-hydrogen) atoms. The molecule has 0 bridgehead atoms. The zero-order chi connectivity index (χ0) is 16.4. The Labute approximate surface area is 136 Å². The van der Waals surface area contributed by atoms with Gasteiger partial charge in [-0.2, -0.15) is 9.40 Å². The maximum absolute atomic E-state index is 12.9. The van der Waals surface area contributed by atoms with Crippen LogP contribution in [-0.2, 0) is 17.1 Å². The molecule has 0 amide bonds. The summed E-state index contributed by atoms with van der Waals surface area (Å²) < 4.78 is 34.2. The molecular formula is C16H21N3O3S. The molecule has 1 fully saturated rings. The predicted octanol–water partition coefficient (Wildman–Crippen LogP) is 2.00. The van der Waals surface area contributed by atoms with E-state index in [9.17, 15) is 8.42 Å². The first-order valence-electron chi connectivity index (χ1n) is 7.64. The van der Waals surface area contributed by atoms with Crippen molar-refractivity contribution in [2.75, 3.05) is 20.2 Å². The van der Waals surface area contributed by atoms with Gasteiger partial charge < -0.3 is 4.74 Å². The third-order valence-electron chi connectivity index (χ3n) is 4.22. The summed E-state index contributed by atoms with van der Waals surface area (Å²) in [4.78, 5) is 0.276. The van der Waals surface area contributed by atoms with Crippen molar-refractivity contribution >= 4 is 10.0 Å². The number of sulfonamides is 1. The van der Waals surface area contributed by atoms with E-state index in [1.54, 1.807) is 33.3 Å². The van der Waals surface area contributed by atoms with Gasteiger partial charge in [-0.3, -0.25) is 4.68 Å². The fourth-order valence-electron chi connectivity index (χ4n) is 2.96. The average molecular weight is 335 g/mol. The van der Waals surface area contributed by atoms with Crippen LogP contribution in [0.1, 0.15) is 24.5 Å². The van der Waals surface area contributed by atoms with E-state index < -0.39 is 10.0 Å². The van der Waals surface area contributed by atoms with Crippen LogP contribution in [0.4, 0.5) is 0 Å². The van der Waals surface area contributed by atoms with Gasteiger partial charge >= 0.3 is 0 Å². The molecule has 1 aliphatic heterocycles. The van der Waals surface area contributed by atoms with Crippen LogP contribution in [0, 0.1) is 0 Å². The molecule has 0 spiro atoms. The second-order valence-electron chi connectivity index (χ2n) is 5.80. The van der Waals surface area contributed by atoms with Crippen molar-refractivity contribution in [2.45, 2.75) is 23.7 Å². The third-order valence-corrected chi connectivity index (χ3v) is 6.08. The highest BCUT2D eigenvalue weighted by atomic mass is 32.2. The van der Waals surface area contributed by atoms with Crippen LogP contribution in [0.15, 0.2) is 41.4 Å². The maximum atomic E-state index is 12.9. The van der Waals surface area contributed by atoms with Gasteiger partial charge in [0.15, 0.2) is 0 Å². The zero-order valence-electron chi connectivity index (χ0n) is 13.3. The molecule has 1 aliphatic rings. The molecule has 3 rings (SSSR count). The molecule has 124 valence electrons. The number of nitrogens with zero attached hydrogens (tertiary/aromatic N) is 3. The van der Waals surface area contributed by atoms with Crippen molar-refractivity contribution in [3.05, 3.63) is 42.2 Å². The van der Waals surface area contributed by atoms with Crippen LogP contribution in [-0.4, -0.2) is 42.7 Å². The van der Waals surface area contributed by atoms with Crippen molar-refractivity contribution in [3.63, 3.8) is 0 Å². The number of hydrogen-bond acceptors (Lipinski definition) is 4. The van der Waals surface area contributed by atoms with E-state index in [-0.39, 0.29) is 10.8 Å². The summed E-state index contributed by atoms with van der Waals surface area (Å²) in [7, 11) is -0.106. The van der Waals surface area contributed by atoms with Crippen LogP contribution < -0.4 is 4.74 Å². The summed E-state index contributed by atoms with van der Waals surface area (Å²) in [6.07, 6.45) is 3.69. The Morgan fingerprint density at radius 1 is 1.30 bits per heavy atom. The van der Waals surface area contributed by atoms with E-state index >= 15 is 0 Å². The summed E-state index contributed by atoms with van der Waals surface area (Å²) in [6.45, 7) is 1.01. The van der Waals surface area contributed by atoms with Gasteiger partial charge in [0.05, 0.1) is 17.7 Å². The molecule has 1 saturated heterocycles. The first kappa shape index (κ1) is 16.0. The molecule has 6 nitrogen and oxygen atoms in total. The van der Waals surface area contributed by atoms with Gasteiger partial charge in [0.2, 0.25) is 10.0 Å². The minimum atomic E-state index is -3.51. The molecule has 0 saturated carbocycles. The fraction of sp³-hybridized carbons (Fsp3) is 0.438. The molecule has 1 aromatic carbocycles. The lowest BCUT2D eigenvalue weighted by molar-refractivity contribution is 0.311. The summed E-state index contributed by atoms with van der Waals surface area (Å²) in [5, 5.41) is 4.43. The monoisotopic (exact) mass is 335 g/mol. The molecule has 0 unspecified atom stereocenters. The van der Waals surface area contributed by atoms with Gasteiger partial charge in [-0.1, -0.05) is 6.07 Å². The third kappa shape index (κ3) is 3.25. The Balaban J connectivity index is 1.84. The molecular weight excluding hydrogens is 314 g/mol. The lowest BCUT2D eigenvalue weighted by atomic mass is 9.96. The second kappa shape index (κ2) is 6.33. The van der Waals surface area contributed by atoms with E-state index in [0.717, 1.165) is 18.5 Å². The number of aryl methyl sites for hydroxylation is 1. The van der Waals surface area contributed by atoms with E-state index in [1.165, 1.54) is 7.11 Å². The number of rotatable bonds is 4. The minimum Gasteiger partial charge on any atom is -0.497 e. The smallest absolute Gasteiger partial charge is 0.243 e.